The average molecular weight is 436 g/mol. The van der Waals surface area contributed by atoms with E-state index in [1.165, 1.54) is 24.3 Å². The van der Waals surface area contributed by atoms with E-state index >= 15 is 0 Å². The number of carboxylic acid groups (broad SMARTS) is 1. The molecule has 11 heteroatoms. The van der Waals surface area contributed by atoms with Gasteiger partial charge in [0.25, 0.3) is 11.1 Å². The summed E-state index contributed by atoms with van der Waals surface area (Å²) in [5.74, 6) is -0.846. The van der Waals surface area contributed by atoms with Crippen molar-refractivity contribution in [1.29, 1.82) is 0 Å². The van der Waals surface area contributed by atoms with Crippen molar-refractivity contribution >= 4 is 45.0 Å². The molecule has 2 aromatic rings. The summed E-state index contributed by atoms with van der Waals surface area (Å²) in [6.07, 6.45) is 1.45. The first-order valence-corrected chi connectivity index (χ1v) is 10.7. The molecule has 0 atom stereocenters. The lowest BCUT2D eigenvalue weighted by molar-refractivity contribution is -0.137. The van der Waals surface area contributed by atoms with Gasteiger partial charge in [0, 0.05) is 24.6 Å². The fourth-order valence-corrected chi connectivity index (χ4v) is 4.03. The van der Waals surface area contributed by atoms with E-state index in [1.807, 2.05) is 0 Å². The second-order valence-electron chi connectivity index (χ2n) is 6.11. The van der Waals surface area contributed by atoms with Crippen molar-refractivity contribution in [3.8, 4) is 11.3 Å². The number of thioether (sulfide) groups is 1. The lowest BCUT2D eigenvalue weighted by Gasteiger charge is -2.10. The number of imide groups is 1. The Balaban J connectivity index is 1.78. The van der Waals surface area contributed by atoms with Gasteiger partial charge >= 0.3 is 5.97 Å². The lowest BCUT2D eigenvalue weighted by atomic mass is 10.2. The molecule has 29 heavy (non-hydrogen) atoms. The van der Waals surface area contributed by atoms with Crippen LogP contribution in [0.2, 0.25) is 0 Å². The number of primary sulfonamides is 1. The molecule has 0 bridgehead atoms. The van der Waals surface area contributed by atoms with Crippen molar-refractivity contribution in [1.82, 2.24) is 4.90 Å². The molecule has 152 valence electrons. The number of carbonyl (C=O) groups excluding carboxylic acids is 2. The summed E-state index contributed by atoms with van der Waals surface area (Å²) < 4.78 is 28.6. The van der Waals surface area contributed by atoms with Gasteiger partial charge in [0.15, 0.2) is 0 Å². The molecule has 2 amide bonds. The number of rotatable bonds is 7. The Kier molecular flexibility index (Phi) is 5.91. The molecule has 0 unspecified atom stereocenters. The number of carboxylic acids is 1. The van der Waals surface area contributed by atoms with Gasteiger partial charge in [0.2, 0.25) is 10.0 Å². The number of hydrogen-bond acceptors (Lipinski definition) is 7. The molecular weight excluding hydrogens is 420 g/mol. The van der Waals surface area contributed by atoms with Gasteiger partial charge in [-0.2, -0.15) is 0 Å². The van der Waals surface area contributed by atoms with Crippen LogP contribution >= 0.6 is 11.8 Å². The van der Waals surface area contributed by atoms with Gasteiger partial charge in [-0.15, -0.1) is 0 Å². The minimum Gasteiger partial charge on any atom is -0.481 e. The molecule has 1 aliphatic rings. The third kappa shape index (κ3) is 4.94. The minimum absolute atomic E-state index is 0.0259. The number of nitrogens with two attached hydrogens (primary N) is 1. The number of carbonyl (C=O) groups is 3. The second kappa shape index (κ2) is 8.23. The van der Waals surface area contributed by atoms with Crippen LogP contribution in [0.4, 0.5) is 4.79 Å². The maximum atomic E-state index is 12.4. The molecule has 1 fully saturated rings. The summed E-state index contributed by atoms with van der Waals surface area (Å²) in [7, 11) is -3.86. The normalized spacial score (nSPS) is 16.0. The fraction of sp³-hybridized carbons (Fsp3) is 0.167. The molecule has 3 rings (SSSR count). The molecular formula is C18H16N2O7S2. The van der Waals surface area contributed by atoms with Gasteiger partial charge in [-0.25, -0.2) is 13.6 Å². The highest BCUT2D eigenvalue weighted by molar-refractivity contribution is 8.18. The summed E-state index contributed by atoms with van der Waals surface area (Å²) >= 11 is 0.742. The van der Waals surface area contributed by atoms with E-state index in [4.69, 9.17) is 14.7 Å². The number of aliphatic carboxylic acids is 1. The highest BCUT2D eigenvalue weighted by Gasteiger charge is 2.34. The van der Waals surface area contributed by atoms with Gasteiger partial charge in [0.1, 0.15) is 11.5 Å². The topological polar surface area (TPSA) is 148 Å². The predicted octanol–water partition coefficient (Wildman–Crippen LogP) is 2.50. The second-order valence-corrected chi connectivity index (χ2v) is 8.66. The highest BCUT2D eigenvalue weighted by Crippen LogP contribution is 2.33. The van der Waals surface area contributed by atoms with Crippen LogP contribution in [0, 0.1) is 0 Å². The Labute approximate surface area is 170 Å². The van der Waals surface area contributed by atoms with Crippen molar-refractivity contribution in [2.24, 2.45) is 5.14 Å². The predicted molar refractivity (Wildman–Crippen MR) is 105 cm³/mol. The summed E-state index contributed by atoms with van der Waals surface area (Å²) in [6, 6.07) is 9.09. The first kappa shape index (κ1) is 20.8. The van der Waals surface area contributed by atoms with E-state index in [2.05, 4.69) is 0 Å². The fourth-order valence-electron chi connectivity index (χ4n) is 2.62. The Morgan fingerprint density at radius 2 is 2.00 bits per heavy atom. The Morgan fingerprint density at radius 1 is 1.24 bits per heavy atom. The number of hydrogen-bond donors (Lipinski definition) is 2. The number of benzene rings is 1. The molecule has 3 N–H and O–H groups in total. The number of amides is 2. The molecule has 0 radical (unpaired) electrons. The third-order valence-electron chi connectivity index (χ3n) is 3.99. The zero-order valence-corrected chi connectivity index (χ0v) is 16.5. The molecule has 1 aromatic heterocycles. The highest BCUT2D eigenvalue weighted by atomic mass is 32.2. The molecule has 0 aliphatic carbocycles. The monoisotopic (exact) mass is 436 g/mol. The molecule has 2 heterocycles. The zero-order chi connectivity index (χ0) is 21.2. The van der Waals surface area contributed by atoms with Crippen LogP contribution < -0.4 is 5.14 Å². The van der Waals surface area contributed by atoms with E-state index in [-0.39, 0.29) is 29.2 Å². The molecule has 1 saturated heterocycles. The van der Waals surface area contributed by atoms with Crippen LogP contribution in [0.5, 0.6) is 0 Å². The lowest BCUT2D eigenvalue weighted by Crippen LogP contribution is -2.29. The molecule has 0 spiro atoms. The molecule has 9 nitrogen and oxygen atoms in total. The first-order chi connectivity index (χ1) is 13.6. The van der Waals surface area contributed by atoms with Gasteiger partial charge < -0.3 is 9.52 Å². The molecule has 1 aliphatic heterocycles. The maximum absolute atomic E-state index is 12.4. The summed E-state index contributed by atoms with van der Waals surface area (Å²) in [5, 5.41) is 13.3. The van der Waals surface area contributed by atoms with E-state index in [0.29, 0.717) is 17.1 Å². The van der Waals surface area contributed by atoms with Crippen LogP contribution in [0.25, 0.3) is 17.4 Å². The van der Waals surface area contributed by atoms with Crippen molar-refractivity contribution in [2.75, 3.05) is 6.54 Å². The first-order valence-electron chi connectivity index (χ1n) is 8.35. The number of sulfonamides is 1. The molecule has 1 aromatic carbocycles. The van der Waals surface area contributed by atoms with Crippen LogP contribution in [0.3, 0.4) is 0 Å². The van der Waals surface area contributed by atoms with Gasteiger partial charge in [-0.05, 0) is 42.4 Å². The van der Waals surface area contributed by atoms with E-state index in [1.54, 1.807) is 18.2 Å². The Bertz CT molecular complexity index is 1120. The van der Waals surface area contributed by atoms with Gasteiger partial charge in [-0.3, -0.25) is 19.3 Å². The van der Waals surface area contributed by atoms with E-state index in [9.17, 15) is 22.8 Å². The van der Waals surface area contributed by atoms with E-state index < -0.39 is 27.1 Å². The van der Waals surface area contributed by atoms with Crippen molar-refractivity contribution in [3.63, 3.8) is 0 Å². The summed E-state index contributed by atoms with van der Waals surface area (Å²) in [4.78, 5) is 36.0. The maximum Gasteiger partial charge on any atom is 0.303 e. The van der Waals surface area contributed by atoms with Crippen LogP contribution in [-0.4, -0.2) is 42.1 Å². The molecule has 0 saturated carbocycles. The van der Waals surface area contributed by atoms with Gasteiger partial charge in [0.05, 0.1) is 9.80 Å². The zero-order valence-electron chi connectivity index (χ0n) is 14.9. The van der Waals surface area contributed by atoms with Crippen LogP contribution in [-0.2, 0) is 19.6 Å². The number of furan rings is 1. The third-order valence-corrected chi connectivity index (χ3v) is 5.81. The summed E-state index contributed by atoms with van der Waals surface area (Å²) in [5.41, 5.74) is 0.484. The SMILES string of the molecule is NS(=O)(=O)c1cccc(-c2ccc(/C=C3/SC(=O)N(CCCC(=O)O)C3=O)o2)c1. The van der Waals surface area contributed by atoms with Crippen LogP contribution in [0.15, 0.2) is 50.6 Å². The average Bonchev–Trinajstić information content (AvgIpc) is 3.21. The Hall–Kier alpha value is -2.89. The van der Waals surface area contributed by atoms with Crippen molar-refractivity contribution in [2.45, 2.75) is 17.7 Å². The smallest absolute Gasteiger partial charge is 0.303 e. The standard InChI is InChI=1S/C18H16N2O7S2/c19-29(25,26)13-4-1-3-11(9-13)14-7-6-12(27-14)10-15-17(23)20(18(24)28-15)8-2-5-16(21)22/h1,3-4,6-7,9-10H,2,5,8H2,(H,21,22)(H2,19,25,26)/b15-10+. The van der Waals surface area contributed by atoms with E-state index in [0.717, 1.165) is 16.7 Å². The summed E-state index contributed by atoms with van der Waals surface area (Å²) in [6.45, 7) is 0.0259. The van der Waals surface area contributed by atoms with Crippen LogP contribution in [0.1, 0.15) is 18.6 Å². The largest absolute Gasteiger partial charge is 0.481 e. The van der Waals surface area contributed by atoms with Gasteiger partial charge in [-0.1, -0.05) is 12.1 Å². The van der Waals surface area contributed by atoms with Crippen molar-refractivity contribution < 1.29 is 32.3 Å². The number of nitrogens with zero attached hydrogens (tertiary/aromatic N) is 1. The Morgan fingerprint density at radius 3 is 2.69 bits per heavy atom. The minimum atomic E-state index is -3.86. The quantitative estimate of drug-likeness (QED) is 0.629. The van der Waals surface area contributed by atoms with Crippen molar-refractivity contribution in [3.05, 3.63) is 47.1 Å².